The van der Waals surface area contributed by atoms with Crippen LogP contribution in [0.2, 0.25) is 0 Å². The first-order valence-corrected chi connectivity index (χ1v) is 7.51. The predicted octanol–water partition coefficient (Wildman–Crippen LogP) is 3.74. The molecule has 2 rings (SSSR count). The second kappa shape index (κ2) is 11.0. The topological polar surface area (TPSA) is 36.4 Å². The first-order valence-electron chi connectivity index (χ1n) is 7.51. The third-order valence-electron chi connectivity index (χ3n) is 3.37. The number of hydrogen-bond acceptors (Lipinski definition) is 1. The fraction of sp³-hybridized carbons (Fsp3) is 0.278. The molecule has 0 atom stereocenters. The lowest BCUT2D eigenvalue weighted by Gasteiger charge is -2.12. The van der Waals surface area contributed by atoms with Gasteiger partial charge in [0, 0.05) is 20.1 Å². The minimum atomic E-state index is -0.216. The summed E-state index contributed by atoms with van der Waals surface area (Å²) in [5, 5.41) is 6.51. The van der Waals surface area contributed by atoms with Crippen molar-refractivity contribution in [1.82, 2.24) is 10.6 Å². The van der Waals surface area contributed by atoms with E-state index in [9.17, 15) is 4.39 Å². The molecular weight excluding hydrogens is 404 g/mol. The summed E-state index contributed by atoms with van der Waals surface area (Å²) in [4.78, 5) is 4.19. The van der Waals surface area contributed by atoms with Crippen molar-refractivity contribution < 1.29 is 4.39 Å². The summed E-state index contributed by atoms with van der Waals surface area (Å²) in [6.07, 6.45) is 2.09. The Bertz CT molecular complexity index is 585. The van der Waals surface area contributed by atoms with Crippen LogP contribution in [0.15, 0.2) is 59.6 Å². The normalized spacial score (nSPS) is 10.8. The van der Waals surface area contributed by atoms with Crippen molar-refractivity contribution in [2.24, 2.45) is 4.99 Å². The summed E-state index contributed by atoms with van der Waals surface area (Å²) in [6, 6.07) is 16.9. The highest BCUT2D eigenvalue weighted by molar-refractivity contribution is 14.0. The van der Waals surface area contributed by atoms with E-state index < -0.39 is 0 Å². The molecule has 124 valence electrons. The molecule has 0 amide bonds. The predicted molar refractivity (Wildman–Crippen MR) is 105 cm³/mol. The Kier molecular flexibility index (Phi) is 9.28. The van der Waals surface area contributed by atoms with Gasteiger partial charge in [-0.1, -0.05) is 42.5 Å². The Labute approximate surface area is 154 Å². The van der Waals surface area contributed by atoms with E-state index in [4.69, 9.17) is 0 Å². The number of aliphatic imine (C=N–C) groups is 1. The molecule has 0 aliphatic rings. The second-order valence-corrected chi connectivity index (χ2v) is 5.07. The minimum absolute atomic E-state index is 0. The molecule has 2 aromatic rings. The highest BCUT2D eigenvalue weighted by Gasteiger charge is 1.99. The van der Waals surface area contributed by atoms with Crippen LogP contribution in [0.5, 0.6) is 0 Å². The zero-order chi connectivity index (χ0) is 15.6. The van der Waals surface area contributed by atoms with Gasteiger partial charge in [-0.2, -0.15) is 0 Å². The summed E-state index contributed by atoms with van der Waals surface area (Å²) in [5.41, 5.74) is 2.37. The fourth-order valence-corrected chi connectivity index (χ4v) is 2.15. The fourth-order valence-electron chi connectivity index (χ4n) is 2.15. The molecular formula is C18H23FIN3. The molecule has 0 spiro atoms. The summed E-state index contributed by atoms with van der Waals surface area (Å²) in [5.74, 6) is 0.546. The maximum absolute atomic E-state index is 12.8. The summed E-state index contributed by atoms with van der Waals surface area (Å²) >= 11 is 0. The number of nitrogens with zero attached hydrogens (tertiary/aromatic N) is 1. The molecule has 5 heteroatoms. The molecule has 2 aromatic carbocycles. The monoisotopic (exact) mass is 427 g/mol. The van der Waals surface area contributed by atoms with Gasteiger partial charge in [-0.3, -0.25) is 4.99 Å². The third-order valence-corrected chi connectivity index (χ3v) is 3.37. The Balaban J connectivity index is 0.00000264. The number of aryl methyl sites for hydroxylation is 1. The van der Waals surface area contributed by atoms with Crippen LogP contribution in [0.25, 0.3) is 0 Å². The molecule has 0 unspecified atom stereocenters. The lowest BCUT2D eigenvalue weighted by molar-refractivity contribution is 0.626. The molecule has 0 saturated heterocycles. The van der Waals surface area contributed by atoms with Crippen LogP contribution in [0.4, 0.5) is 4.39 Å². The first kappa shape index (κ1) is 19.4. The first-order chi connectivity index (χ1) is 10.8. The molecule has 0 aromatic heterocycles. The van der Waals surface area contributed by atoms with Crippen LogP contribution in [-0.2, 0) is 13.0 Å². The molecule has 2 N–H and O–H groups in total. The van der Waals surface area contributed by atoms with Gasteiger partial charge < -0.3 is 10.6 Å². The molecule has 0 fully saturated rings. The van der Waals surface area contributed by atoms with Crippen LogP contribution in [-0.4, -0.2) is 19.6 Å². The minimum Gasteiger partial charge on any atom is -0.356 e. The van der Waals surface area contributed by atoms with E-state index in [2.05, 4.69) is 39.9 Å². The van der Waals surface area contributed by atoms with E-state index in [1.54, 1.807) is 19.2 Å². The van der Waals surface area contributed by atoms with E-state index in [-0.39, 0.29) is 29.8 Å². The van der Waals surface area contributed by atoms with Gasteiger partial charge in [-0.05, 0) is 36.1 Å². The number of halogens is 2. The van der Waals surface area contributed by atoms with Crippen LogP contribution in [0.1, 0.15) is 17.5 Å². The Morgan fingerprint density at radius 3 is 2.30 bits per heavy atom. The highest BCUT2D eigenvalue weighted by atomic mass is 127. The maximum Gasteiger partial charge on any atom is 0.191 e. The Morgan fingerprint density at radius 2 is 1.65 bits per heavy atom. The summed E-state index contributed by atoms with van der Waals surface area (Å²) < 4.78 is 12.8. The average Bonchev–Trinajstić information content (AvgIpc) is 2.57. The van der Waals surface area contributed by atoms with Crippen LogP contribution in [0, 0.1) is 5.82 Å². The number of guanidine groups is 1. The van der Waals surface area contributed by atoms with Crippen molar-refractivity contribution in [1.29, 1.82) is 0 Å². The van der Waals surface area contributed by atoms with Crippen LogP contribution in [0.3, 0.4) is 0 Å². The van der Waals surface area contributed by atoms with Gasteiger partial charge >= 0.3 is 0 Å². The van der Waals surface area contributed by atoms with Crippen LogP contribution < -0.4 is 10.6 Å². The second-order valence-electron chi connectivity index (χ2n) is 5.07. The molecule has 0 aliphatic heterocycles. The van der Waals surface area contributed by atoms with Crippen molar-refractivity contribution >= 4 is 29.9 Å². The molecule has 3 nitrogen and oxygen atoms in total. The molecule has 0 heterocycles. The quantitative estimate of drug-likeness (QED) is 0.319. The van der Waals surface area contributed by atoms with Crippen molar-refractivity contribution in [2.45, 2.75) is 19.4 Å². The van der Waals surface area contributed by atoms with E-state index in [1.807, 2.05) is 6.07 Å². The van der Waals surface area contributed by atoms with Gasteiger partial charge in [0.15, 0.2) is 5.96 Å². The average molecular weight is 427 g/mol. The summed E-state index contributed by atoms with van der Waals surface area (Å²) in [6.45, 7) is 1.48. The number of nitrogens with one attached hydrogen (secondary N) is 2. The number of hydrogen-bond donors (Lipinski definition) is 2. The largest absolute Gasteiger partial charge is 0.356 e. The van der Waals surface area contributed by atoms with E-state index in [1.165, 1.54) is 17.7 Å². The standard InChI is InChI=1S/C18H22FN3.HI/c1-20-18(22-14-16-9-11-17(19)12-10-16)21-13-5-8-15-6-3-2-4-7-15;/h2-4,6-7,9-12H,5,8,13-14H2,1H3,(H2,20,21,22);1H. The molecule has 0 bridgehead atoms. The van der Waals surface area contributed by atoms with Gasteiger partial charge in [0.1, 0.15) is 5.82 Å². The van der Waals surface area contributed by atoms with Crippen molar-refractivity contribution in [3.05, 3.63) is 71.5 Å². The smallest absolute Gasteiger partial charge is 0.191 e. The van der Waals surface area contributed by atoms with Gasteiger partial charge in [-0.25, -0.2) is 4.39 Å². The molecule has 0 saturated carbocycles. The van der Waals surface area contributed by atoms with E-state index in [0.717, 1.165) is 30.9 Å². The van der Waals surface area contributed by atoms with Crippen molar-refractivity contribution in [3.8, 4) is 0 Å². The van der Waals surface area contributed by atoms with Gasteiger partial charge in [0.05, 0.1) is 0 Å². The van der Waals surface area contributed by atoms with Crippen molar-refractivity contribution in [2.75, 3.05) is 13.6 Å². The van der Waals surface area contributed by atoms with E-state index >= 15 is 0 Å². The van der Waals surface area contributed by atoms with Crippen molar-refractivity contribution in [3.63, 3.8) is 0 Å². The van der Waals surface area contributed by atoms with Crippen LogP contribution >= 0.6 is 24.0 Å². The summed E-state index contributed by atoms with van der Waals surface area (Å²) in [7, 11) is 1.75. The Morgan fingerprint density at radius 1 is 0.957 bits per heavy atom. The third kappa shape index (κ3) is 7.45. The number of rotatable bonds is 6. The maximum atomic E-state index is 12.8. The SMILES string of the molecule is CN=C(NCCCc1ccccc1)NCc1ccc(F)cc1.I. The lowest BCUT2D eigenvalue weighted by atomic mass is 10.1. The highest BCUT2D eigenvalue weighted by Crippen LogP contribution is 2.02. The molecule has 0 aliphatic carbocycles. The zero-order valence-electron chi connectivity index (χ0n) is 13.3. The lowest BCUT2D eigenvalue weighted by Crippen LogP contribution is -2.37. The van der Waals surface area contributed by atoms with Gasteiger partial charge in [0.25, 0.3) is 0 Å². The number of benzene rings is 2. The van der Waals surface area contributed by atoms with Gasteiger partial charge in [0.2, 0.25) is 0 Å². The van der Waals surface area contributed by atoms with Gasteiger partial charge in [-0.15, -0.1) is 24.0 Å². The van der Waals surface area contributed by atoms with E-state index in [0.29, 0.717) is 6.54 Å². The zero-order valence-corrected chi connectivity index (χ0v) is 15.6. The molecule has 23 heavy (non-hydrogen) atoms. The molecule has 0 radical (unpaired) electrons. The Hall–Kier alpha value is -1.63.